The van der Waals surface area contributed by atoms with E-state index in [2.05, 4.69) is 25.2 Å². The topological polar surface area (TPSA) is 92.7 Å². The maximum Gasteiger partial charge on any atom is 0.419 e. The lowest BCUT2D eigenvalue weighted by atomic mass is 10.1. The van der Waals surface area contributed by atoms with Crippen LogP contribution in [0.1, 0.15) is 18.1 Å². The molecule has 0 aliphatic carbocycles. The first-order valence-electron chi connectivity index (χ1n) is 11.2. The molecule has 0 saturated carbocycles. The Morgan fingerprint density at radius 3 is 2.60 bits per heavy atom. The molecule has 2 bridgehead atoms. The lowest BCUT2D eigenvalue weighted by Crippen LogP contribution is -2.48. The third-order valence-corrected chi connectivity index (χ3v) is 6.01. The molecule has 1 saturated heterocycles. The number of hydrogen-bond donors (Lipinski definition) is 1. The van der Waals surface area contributed by atoms with Gasteiger partial charge in [0.05, 0.1) is 17.3 Å². The van der Waals surface area contributed by atoms with Gasteiger partial charge in [0.2, 0.25) is 5.91 Å². The van der Waals surface area contributed by atoms with Gasteiger partial charge in [0.1, 0.15) is 30.6 Å². The van der Waals surface area contributed by atoms with Gasteiger partial charge in [-0.05, 0) is 12.1 Å². The molecule has 2 aliphatic rings. The number of anilines is 2. The van der Waals surface area contributed by atoms with Crippen LogP contribution in [-0.2, 0) is 17.5 Å². The lowest BCUT2D eigenvalue weighted by Gasteiger charge is -2.35. The van der Waals surface area contributed by atoms with Crippen molar-refractivity contribution in [2.45, 2.75) is 19.6 Å². The van der Waals surface area contributed by atoms with Crippen LogP contribution in [0, 0.1) is 0 Å². The number of para-hydroxylation sites is 1. The molecule has 2 aliphatic heterocycles. The SMILES string of the molecule is CC(=O)N1CCN(c2cc3c4nc(nc3cn2)OCCOc2c(cccc2C(F)(F)F)CN4)CC1. The highest BCUT2D eigenvalue weighted by Crippen LogP contribution is 2.39. The summed E-state index contributed by atoms with van der Waals surface area (Å²) in [7, 11) is 0. The number of pyridine rings is 1. The number of hydrogen-bond acceptors (Lipinski definition) is 8. The summed E-state index contributed by atoms with van der Waals surface area (Å²) in [6.45, 7) is 3.95. The second-order valence-corrected chi connectivity index (χ2v) is 8.25. The highest BCUT2D eigenvalue weighted by molar-refractivity contribution is 5.90. The van der Waals surface area contributed by atoms with Crippen molar-refractivity contribution in [3.63, 3.8) is 0 Å². The third-order valence-electron chi connectivity index (χ3n) is 6.01. The van der Waals surface area contributed by atoms with Crippen molar-refractivity contribution in [2.75, 3.05) is 49.6 Å². The maximum atomic E-state index is 13.6. The average Bonchev–Trinajstić information content (AvgIpc) is 2.87. The first-order chi connectivity index (χ1) is 16.8. The van der Waals surface area contributed by atoms with E-state index in [9.17, 15) is 18.0 Å². The van der Waals surface area contributed by atoms with Crippen molar-refractivity contribution in [1.29, 1.82) is 0 Å². The number of aromatic nitrogens is 3. The first kappa shape index (κ1) is 22.9. The van der Waals surface area contributed by atoms with E-state index in [-0.39, 0.29) is 37.4 Å². The summed E-state index contributed by atoms with van der Waals surface area (Å²) in [6, 6.07) is 5.86. The van der Waals surface area contributed by atoms with Crippen LogP contribution in [0.2, 0.25) is 0 Å². The highest BCUT2D eigenvalue weighted by Gasteiger charge is 2.35. The molecule has 35 heavy (non-hydrogen) atoms. The largest absolute Gasteiger partial charge is 0.489 e. The lowest BCUT2D eigenvalue weighted by molar-refractivity contribution is -0.139. The predicted octanol–water partition coefficient (Wildman–Crippen LogP) is 3.10. The van der Waals surface area contributed by atoms with E-state index in [0.29, 0.717) is 54.3 Å². The smallest absolute Gasteiger partial charge is 0.419 e. The van der Waals surface area contributed by atoms with Crippen molar-refractivity contribution >= 4 is 28.4 Å². The van der Waals surface area contributed by atoms with Gasteiger partial charge in [-0.1, -0.05) is 12.1 Å². The standard InChI is InChI=1S/C23H23F3N6O3/c1-14(33)31-5-7-32(8-6-31)19-11-16-18(13-27-19)29-22-30-21(16)28-12-15-3-2-4-17(23(24,25)26)20(15)34-9-10-35-22/h2-4,11,13H,5-10,12H2,1H3,(H,28,29,30). The Hall–Kier alpha value is -3.83. The number of piperazine rings is 1. The quantitative estimate of drug-likeness (QED) is 0.559. The normalized spacial score (nSPS) is 16.5. The summed E-state index contributed by atoms with van der Waals surface area (Å²) < 4.78 is 51.8. The van der Waals surface area contributed by atoms with Gasteiger partial charge in [-0.3, -0.25) is 4.79 Å². The highest BCUT2D eigenvalue weighted by atomic mass is 19.4. The van der Waals surface area contributed by atoms with E-state index in [1.807, 2.05) is 6.07 Å². The summed E-state index contributed by atoms with van der Waals surface area (Å²) in [4.78, 5) is 28.9. The van der Waals surface area contributed by atoms with Crippen LogP contribution in [0.5, 0.6) is 11.8 Å². The maximum absolute atomic E-state index is 13.6. The zero-order valence-electron chi connectivity index (χ0n) is 18.9. The number of carbonyl (C=O) groups excluding carboxylic acids is 1. The van der Waals surface area contributed by atoms with Crippen LogP contribution in [0.4, 0.5) is 24.8 Å². The van der Waals surface area contributed by atoms with Crippen LogP contribution in [-0.4, -0.2) is 65.2 Å². The molecule has 0 spiro atoms. The summed E-state index contributed by atoms with van der Waals surface area (Å²) >= 11 is 0. The van der Waals surface area contributed by atoms with Crippen molar-refractivity contribution in [2.24, 2.45) is 0 Å². The predicted molar refractivity (Wildman–Crippen MR) is 122 cm³/mol. The zero-order chi connectivity index (χ0) is 24.6. The molecule has 2 aromatic heterocycles. The molecule has 4 heterocycles. The molecule has 0 unspecified atom stereocenters. The number of benzene rings is 1. The number of alkyl halides is 3. The van der Waals surface area contributed by atoms with E-state index in [0.717, 1.165) is 6.07 Å². The van der Waals surface area contributed by atoms with Gasteiger partial charge in [0, 0.05) is 50.6 Å². The van der Waals surface area contributed by atoms with Gasteiger partial charge in [-0.2, -0.15) is 23.1 Å². The molecule has 1 aromatic carbocycles. The van der Waals surface area contributed by atoms with Crippen molar-refractivity contribution in [3.8, 4) is 11.8 Å². The molecule has 9 nitrogen and oxygen atoms in total. The number of fused-ring (bicyclic) bond motifs is 5. The molecular formula is C23H23F3N6O3. The minimum Gasteiger partial charge on any atom is -0.489 e. The fourth-order valence-electron chi connectivity index (χ4n) is 4.20. The Morgan fingerprint density at radius 1 is 1.09 bits per heavy atom. The van der Waals surface area contributed by atoms with Gasteiger partial charge < -0.3 is 24.6 Å². The van der Waals surface area contributed by atoms with E-state index in [1.54, 1.807) is 24.1 Å². The van der Waals surface area contributed by atoms with Crippen LogP contribution in [0.25, 0.3) is 10.9 Å². The fourth-order valence-corrected chi connectivity index (χ4v) is 4.20. The van der Waals surface area contributed by atoms with Gasteiger partial charge in [0.25, 0.3) is 0 Å². The number of rotatable bonds is 1. The van der Waals surface area contributed by atoms with Crippen LogP contribution in [0.3, 0.4) is 0 Å². The van der Waals surface area contributed by atoms with Crippen LogP contribution < -0.4 is 19.7 Å². The Morgan fingerprint density at radius 2 is 1.86 bits per heavy atom. The molecular weight excluding hydrogens is 465 g/mol. The number of amides is 1. The van der Waals surface area contributed by atoms with Gasteiger partial charge >= 0.3 is 12.2 Å². The second-order valence-electron chi connectivity index (χ2n) is 8.25. The fraction of sp³-hybridized carbons (Fsp3) is 0.391. The van der Waals surface area contributed by atoms with Gasteiger partial charge in [-0.25, -0.2) is 4.98 Å². The minimum atomic E-state index is -4.55. The van der Waals surface area contributed by atoms with E-state index in [4.69, 9.17) is 9.47 Å². The van der Waals surface area contributed by atoms with Gasteiger partial charge in [0.15, 0.2) is 0 Å². The van der Waals surface area contributed by atoms with Crippen molar-refractivity contribution < 1.29 is 27.4 Å². The van der Waals surface area contributed by atoms with Crippen molar-refractivity contribution in [3.05, 3.63) is 41.6 Å². The molecule has 5 rings (SSSR count). The monoisotopic (exact) mass is 488 g/mol. The Kier molecular flexibility index (Phi) is 5.95. The summed E-state index contributed by atoms with van der Waals surface area (Å²) in [5.41, 5.74) is 0.0487. The van der Waals surface area contributed by atoms with Crippen LogP contribution in [0.15, 0.2) is 30.5 Å². The minimum absolute atomic E-state index is 0.0253. The Bertz CT molecular complexity index is 1260. The number of ether oxygens (including phenoxy) is 2. The number of nitrogens with one attached hydrogen (secondary N) is 1. The van der Waals surface area contributed by atoms with E-state index in [1.165, 1.54) is 6.07 Å². The molecule has 1 amide bonds. The van der Waals surface area contributed by atoms with E-state index >= 15 is 0 Å². The van der Waals surface area contributed by atoms with E-state index < -0.39 is 11.7 Å². The first-order valence-corrected chi connectivity index (χ1v) is 11.2. The van der Waals surface area contributed by atoms with Crippen LogP contribution >= 0.6 is 0 Å². The average molecular weight is 488 g/mol. The number of nitrogens with zero attached hydrogens (tertiary/aromatic N) is 5. The second kappa shape index (κ2) is 9.08. The molecule has 0 radical (unpaired) electrons. The summed E-state index contributed by atoms with van der Waals surface area (Å²) in [5.74, 6) is 0.933. The Balaban J connectivity index is 1.48. The molecule has 1 fully saturated rings. The molecule has 3 aromatic rings. The number of carbonyl (C=O) groups is 1. The number of halogens is 3. The molecule has 12 heteroatoms. The summed E-state index contributed by atoms with van der Waals surface area (Å²) in [6.07, 6.45) is -2.93. The molecule has 0 atom stereocenters. The zero-order valence-corrected chi connectivity index (χ0v) is 18.9. The van der Waals surface area contributed by atoms with Crippen molar-refractivity contribution in [1.82, 2.24) is 19.9 Å². The third kappa shape index (κ3) is 4.73. The Labute approximate surface area is 198 Å². The van der Waals surface area contributed by atoms with Gasteiger partial charge in [-0.15, -0.1) is 0 Å². The molecule has 184 valence electrons. The molecule has 1 N–H and O–H groups in total. The summed E-state index contributed by atoms with van der Waals surface area (Å²) in [5, 5.41) is 3.79.